The fraction of sp³-hybridized carbons (Fsp3) is 0.0909. The van der Waals surface area contributed by atoms with Crippen LogP contribution in [-0.2, 0) is 0 Å². The van der Waals surface area contributed by atoms with Crippen molar-refractivity contribution in [3.05, 3.63) is 41.2 Å². The summed E-state index contributed by atoms with van der Waals surface area (Å²) >= 11 is 5.68. The SMILES string of the molecule is COc1cccc(NC(=O)c2ccc(Cl)[nH]2)n1. The maximum absolute atomic E-state index is 11.7. The number of hydrogen-bond donors (Lipinski definition) is 2. The molecule has 2 N–H and O–H groups in total. The number of pyridine rings is 1. The summed E-state index contributed by atoms with van der Waals surface area (Å²) in [4.78, 5) is 18.5. The van der Waals surface area contributed by atoms with Crippen molar-refractivity contribution in [1.82, 2.24) is 9.97 Å². The highest BCUT2D eigenvalue weighted by Gasteiger charge is 2.09. The van der Waals surface area contributed by atoms with Crippen LogP contribution in [0.2, 0.25) is 5.15 Å². The standard InChI is InChI=1S/C11H10ClN3O2/c1-17-10-4-2-3-9(14-10)15-11(16)7-5-6-8(12)13-7/h2-6,13H,1H3,(H,14,15,16). The Labute approximate surface area is 103 Å². The summed E-state index contributed by atoms with van der Waals surface area (Å²) in [6, 6.07) is 8.31. The van der Waals surface area contributed by atoms with Crippen molar-refractivity contribution in [2.45, 2.75) is 0 Å². The van der Waals surface area contributed by atoms with Gasteiger partial charge in [-0.15, -0.1) is 0 Å². The molecule has 0 aliphatic rings. The number of anilines is 1. The van der Waals surface area contributed by atoms with Gasteiger partial charge in [-0.3, -0.25) is 4.79 Å². The van der Waals surface area contributed by atoms with Gasteiger partial charge in [0.15, 0.2) is 0 Å². The zero-order valence-corrected chi connectivity index (χ0v) is 9.78. The molecule has 0 spiro atoms. The lowest BCUT2D eigenvalue weighted by atomic mass is 10.4. The fourth-order valence-electron chi connectivity index (χ4n) is 1.28. The van der Waals surface area contributed by atoms with Crippen molar-refractivity contribution in [2.75, 3.05) is 12.4 Å². The summed E-state index contributed by atoms with van der Waals surface area (Å²) in [7, 11) is 1.51. The molecule has 0 aliphatic heterocycles. The number of methoxy groups -OCH3 is 1. The zero-order chi connectivity index (χ0) is 12.3. The third-order valence-corrected chi connectivity index (χ3v) is 2.29. The molecule has 5 nitrogen and oxygen atoms in total. The van der Waals surface area contributed by atoms with Crippen LogP contribution >= 0.6 is 11.6 Å². The van der Waals surface area contributed by atoms with Crippen molar-refractivity contribution in [2.24, 2.45) is 0 Å². The van der Waals surface area contributed by atoms with Gasteiger partial charge in [0, 0.05) is 6.07 Å². The first-order valence-corrected chi connectivity index (χ1v) is 5.24. The van der Waals surface area contributed by atoms with Gasteiger partial charge in [0.05, 0.1) is 7.11 Å². The van der Waals surface area contributed by atoms with Gasteiger partial charge in [0.1, 0.15) is 16.7 Å². The molecule has 2 aromatic heterocycles. The summed E-state index contributed by atoms with van der Waals surface area (Å²) in [6.07, 6.45) is 0. The summed E-state index contributed by atoms with van der Waals surface area (Å²) in [6.45, 7) is 0. The van der Waals surface area contributed by atoms with E-state index in [9.17, 15) is 4.79 Å². The van der Waals surface area contributed by atoms with E-state index < -0.39 is 0 Å². The average molecular weight is 252 g/mol. The second-order valence-electron chi connectivity index (χ2n) is 3.24. The monoisotopic (exact) mass is 251 g/mol. The molecule has 6 heteroatoms. The minimum atomic E-state index is -0.308. The van der Waals surface area contributed by atoms with Gasteiger partial charge in [-0.25, -0.2) is 0 Å². The Balaban J connectivity index is 2.12. The van der Waals surface area contributed by atoms with E-state index in [2.05, 4.69) is 15.3 Å². The van der Waals surface area contributed by atoms with E-state index in [0.29, 0.717) is 22.5 Å². The topological polar surface area (TPSA) is 67.0 Å². The third-order valence-electron chi connectivity index (χ3n) is 2.07. The fourth-order valence-corrected chi connectivity index (χ4v) is 1.45. The molecule has 17 heavy (non-hydrogen) atoms. The summed E-state index contributed by atoms with van der Waals surface area (Å²) in [5, 5.41) is 3.04. The molecule has 0 aromatic carbocycles. The van der Waals surface area contributed by atoms with Crippen molar-refractivity contribution >= 4 is 23.3 Å². The number of hydrogen-bond acceptors (Lipinski definition) is 3. The van der Waals surface area contributed by atoms with Gasteiger partial charge >= 0.3 is 0 Å². The van der Waals surface area contributed by atoms with Gasteiger partial charge in [0.2, 0.25) is 5.88 Å². The van der Waals surface area contributed by atoms with Crippen LogP contribution in [0.3, 0.4) is 0 Å². The minimum absolute atomic E-state index is 0.308. The molecule has 0 saturated carbocycles. The zero-order valence-electron chi connectivity index (χ0n) is 9.03. The van der Waals surface area contributed by atoms with E-state index in [1.807, 2.05) is 0 Å². The number of nitrogens with zero attached hydrogens (tertiary/aromatic N) is 1. The van der Waals surface area contributed by atoms with E-state index >= 15 is 0 Å². The normalized spacial score (nSPS) is 10.0. The molecule has 2 rings (SSSR count). The van der Waals surface area contributed by atoms with E-state index in [4.69, 9.17) is 16.3 Å². The van der Waals surface area contributed by atoms with E-state index in [1.54, 1.807) is 30.3 Å². The van der Waals surface area contributed by atoms with Crippen molar-refractivity contribution in [3.63, 3.8) is 0 Å². The van der Waals surface area contributed by atoms with E-state index in [-0.39, 0.29) is 5.91 Å². The Morgan fingerprint density at radius 3 is 2.88 bits per heavy atom. The number of aromatic nitrogens is 2. The number of aromatic amines is 1. The lowest BCUT2D eigenvalue weighted by Crippen LogP contribution is -2.13. The Morgan fingerprint density at radius 2 is 2.24 bits per heavy atom. The Bertz CT molecular complexity index is 539. The van der Waals surface area contributed by atoms with Gasteiger partial charge in [-0.2, -0.15) is 4.98 Å². The lowest BCUT2D eigenvalue weighted by Gasteiger charge is -2.04. The third kappa shape index (κ3) is 2.76. The molecule has 2 heterocycles. The molecular weight excluding hydrogens is 242 g/mol. The van der Waals surface area contributed by atoms with E-state index in [1.165, 1.54) is 7.11 Å². The highest BCUT2D eigenvalue weighted by atomic mass is 35.5. The summed E-state index contributed by atoms with van der Waals surface area (Å²) in [5.41, 5.74) is 0.375. The highest BCUT2D eigenvalue weighted by molar-refractivity contribution is 6.29. The van der Waals surface area contributed by atoms with E-state index in [0.717, 1.165) is 0 Å². The first-order chi connectivity index (χ1) is 8.19. The number of halogens is 1. The largest absolute Gasteiger partial charge is 0.481 e. The predicted octanol–water partition coefficient (Wildman–Crippen LogP) is 2.32. The first kappa shape index (κ1) is 11.5. The average Bonchev–Trinajstić information content (AvgIpc) is 2.76. The minimum Gasteiger partial charge on any atom is -0.481 e. The Kier molecular flexibility index (Phi) is 3.30. The maximum atomic E-state index is 11.7. The second-order valence-corrected chi connectivity index (χ2v) is 3.65. The molecule has 0 aliphatic carbocycles. The Hall–Kier alpha value is -2.01. The van der Waals surface area contributed by atoms with Crippen LogP contribution in [0.4, 0.5) is 5.82 Å². The maximum Gasteiger partial charge on any atom is 0.273 e. The number of carbonyl (C=O) groups excluding carboxylic acids is 1. The van der Waals surface area contributed by atoms with Crippen molar-refractivity contribution in [3.8, 4) is 5.88 Å². The van der Waals surface area contributed by atoms with Gasteiger partial charge in [0.25, 0.3) is 5.91 Å². The predicted molar refractivity (Wildman–Crippen MR) is 64.5 cm³/mol. The molecule has 1 amide bonds. The quantitative estimate of drug-likeness (QED) is 0.880. The number of amides is 1. The number of H-pyrrole nitrogens is 1. The lowest BCUT2D eigenvalue weighted by molar-refractivity contribution is 0.102. The molecule has 0 radical (unpaired) electrons. The number of rotatable bonds is 3. The van der Waals surface area contributed by atoms with Crippen LogP contribution in [0, 0.1) is 0 Å². The van der Waals surface area contributed by atoms with Gasteiger partial charge in [-0.05, 0) is 18.2 Å². The van der Waals surface area contributed by atoms with Crippen LogP contribution in [-0.4, -0.2) is 23.0 Å². The van der Waals surface area contributed by atoms with Crippen molar-refractivity contribution in [1.29, 1.82) is 0 Å². The molecule has 88 valence electrons. The molecule has 0 saturated heterocycles. The van der Waals surface area contributed by atoms with Crippen LogP contribution in [0.15, 0.2) is 30.3 Å². The summed E-state index contributed by atoms with van der Waals surface area (Å²) in [5.74, 6) is 0.546. The second kappa shape index (κ2) is 4.88. The Morgan fingerprint density at radius 1 is 1.41 bits per heavy atom. The molecule has 0 atom stereocenters. The molecule has 0 unspecified atom stereocenters. The summed E-state index contributed by atoms with van der Waals surface area (Å²) < 4.78 is 4.95. The molecule has 0 fully saturated rings. The van der Waals surface area contributed by atoms with Crippen molar-refractivity contribution < 1.29 is 9.53 Å². The van der Waals surface area contributed by atoms with Crippen LogP contribution in [0.25, 0.3) is 0 Å². The van der Waals surface area contributed by atoms with Crippen LogP contribution < -0.4 is 10.1 Å². The van der Waals surface area contributed by atoms with Gasteiger partial charge < -0.3 is 15.0 Å². The number of ether oxygens (including phenoxy) is 1. The number of nitrogens with one attached hydrogen (secondary N) is 2. The molecular formula is C11H10ClN3O2. The van der Waals surface area contributed by atoms with Crippen LogP contribution in [0.1, 0.15) is 10.5 Å². The molecule has 2 aromatic rings. The first-order valence-electron chi connectivity index (χ1n) is 4.86. The smallest absolute Gasteiger partial charge is 0.273 e. The highest BCUT2D eigenvalue weighted by Crippen LogP contribution is 2.13. The van der Waals surface area contributed by atoms with Gasteiger partial charge in [-0.1, -0.05) is 17.7 Å². The van der Waals surface area contributed by atoms with Crippen LogP contribution in [0.5, 0.6) is 5.88 Å². The number of carbonyl (C=O) groups is 1. The molecule has 0 bridgehead atoms.